The summed E-state index contributed by atoms with van der Waals surface area (Å²) in [5.74, 6) is -0.245. The van der Waals surface area contributed by atoms with E-state index in [0.717, 1.165) is 10.4 Å². The van der Waals surface area contributed by atoms with Crippen LogP contribution >= 0.6 is 35.3 Å². The molecule has 0 radical (unpaired) electrons. The van der Waals surface area contributed by atoms with Crippen LogP contribution in [0.3, 0.4) is 0 Å². The van der Waals surface area contributed by atoms with Crippen molar-refractivity contribution in [3.8, 4) is 0 Å². The van der Waals surface area contributed by atoms with Crippen molar-refractivity contribution in [2.45, 2.75) is 25.3 Å². The van der Waals surface area contributed by atoms with Gasteiger partial charge in [-0.1, -0.05) is 60.4 Å². The number of carbonyl (C=O) groups excluding carboxylic acids is 2. The normalized spacial score (nSPS) is 16.4. The number of aliphatic hydroxyl groups excluding tert-OH is 1. The van der Waals surface area contributed by atoms with Gasteiger partial charge < -0.3 is 10.4 Å². The number of amides is 2. The number of benzene rings is 1. The molecule has 29 heavy (non-hydrogen) atoms. The number of carbonyl (C=O) groups is 2. The lowest BCUT2D eigenvalue weighted by molar-refractivity contribution is -0.124. The van der Waals surface area contributed by atoms with E-state index in [-0.39, 0.29) is 30.9 Å². The van der Waals surface area contributed by atoms with Crippen molar-refractivity contribution in [2.75, 3.05) is 13.2 Å². The predicted molar refractivity (Wildman–Crippen MR) is 123 cm³/mol. The number of nitrogens with one attached hydrogen (secondary N) is 1. The smallest absolute Gasteiger partial charge is 0.266 e. The second-order valence-electron chi connectivity index (χ2n) is 6.59. The summed E-state index contributed by atoms with van der Waals surface area (Å²) in [5, 5.41) is 14.4. The molecular formula is C21H22N2O3S3. The SMILES string of the molecule is O=C(CCCN1C(=O)C(=Cc2cccs2)SC1=S)NC(CO)Cc1ccccc1. The summed E-state index contributed by atoms with van der Waals surface area (Å²) in [5.41, 5.74) is 1.06. The summed E-state index contributed by atoms with van der Waals surface area (Å²) < 4.78 is 0.524. The highest BCUT2D eigenvalue weighted by Gasteiger charge is 2.31. The minimum absolute atomic E-state index is 0.105. The van der Waals surface area contributed by atoms with E-state index >= 15 is 0 Å². The highest BCUT2D eigenvalue weighted by molar-refractivity contribution is 8.26. The Balaban J connectivity index is 1.46. The van der Waals surface area contributed by atoms with Gasteiger partial charge in [0.15, 0.2) is 0 Å². The molecule has 1 atom stereocenters. The fourth-order valence-corrected chi connectivity index (χ4v) is 4.98. The Bertz CT molecular complexity index is 882. The molecule has 152 valence electrons. The Morgan fingerprint density at radius 3 is 2.72 bits per heavy atom. The molecular weight excluding hydrogens is 424 g/mol. The van der Waals surface area contributed by atoms with Crippen LogP contribution in [0.1, 0.15) is 23.3 Å². The standard InChI is InChI=1S/C21H22N2O3S3/c24-14-16(12-15-6-2-1-3-7-15)22-19(25)9-4-10-23-20(26)18(29-21(23)27)13-17-8-5-11-28-17/h1-3,5-8,11,13,16,24H,4,9-10,12,14H2,(H,22,25). The molecule has 1 saturated heterocycles. The number of thiocarbonyl (C=S) groups is 1. The van der Waals surface area contributed by atoms with Crippen molar-refractivity contribution in [2.24, 2.45) is 0 Å². The number of rotatable bonds is 9. The third-order valence-corrected chi connectivity index (χ3v) is 6.58. The molecule has 5 nitrogen and oxygen atoms in total. The summed E-state index contributed by atoms with van der Waals surface area (Å²) in [4.78, 5) is 28.0. The molecule has 2 aromatic rings. The van der Waals surface area contributed by atoms with Gasteiger partial charge in [0.25, 0.3) is 5.91 Å². The van der Waals surface area contributed by atoms with Crippen LogP contribution in [0.2, 0.25) is 0 Å². The number of aliphatic hydroxyl groups is 1. The Morgan fingerprint density at radius 1 is 1.24 bits per heavy atom. The molecule has 1 aliphatic heterocycles. The van der Waals surface area contributed by atoms with E-state index in [9.17, 15) is 14.7 Å². The summed E-state index contributed by atoms with van der Waals surface area (Å²) in [6.45, 7) is 0.283. The second kappa shape index (κ2) is 10.7. The van der Waals surface area contributed by atoms with Gasteiger partial charge in [-0.05, 0) is 35.9 Å². The zero-order valence-electron chi connectivity index (χ0n) is 15.7. The molecule has 1 aromatic carbocycles. The van der Waals surface area contributed by atoms with Crippen LogP contribution < -0.4 is 5.32 Å². The van der Waals surface area contributed by atoms with Gasteiger partial charge >= 0.3 is 0 Å². The van der Waals surface area contributed by atoms with E-state index in [4.69, 9.17) is 12.2 Å². The van der Waals surface area contributed by atoms with E-state index in [1.54, 1.807) is 16.2 Å². The molecule has 8 heteroatoms. The molecule has 3 rings (SSSR count). The van der Waals surface area contributed by atoms with Crippen LogP contribution in [0, 0.1) is 0 Å². The molecule has 1 aliphatic rings. The summed E-state index contributed by atoms with van der Waals surface area (Å²) in [6.07, 6.45) is 3.21. The van der Waals surface area contributed by atoms with Crippen LogP contribution in [-0.4, -0.2) is 45.3 Å². The number of thioether (sulfide) groups is 1. The Hall–Kier alpha value is -2.00. The van der Waals surface area contributed by atoms with E-state index in [1.807, 2.05) is 53.9 Å². The first-order chi connectivity index (χ1) is 14.1. The van der Waals surface area contributed by atoms with Crippen LogP contribution in [0.15, 0.2) is 52.7 Å². The molecule has 1 unspecified atom stereocenters. The average Bonchev–Trinajstić information content (AvgIpc) is 3.32. The van der Waals surface area contributed by atoms with Crippen molar-refractivity contribution in [3.05, 3.63) is 63.2 Å². The van der Waals surface area contributed by atoms with E-state index in [1.165, 1.54) is 11.8 Å². The Morgan fingerprint density at radius 2 is 2.03 bits per heavy atom. The predicted octanol–water partition coefficient (Wildman–Crippen LogP) is 3.45. The first-order valence-corrected chi connectivity index (χ1v) is 11.4. The monoisotopic (exact) mass is 446 g/mol. The molecule has 2 heterocycles. The third kappa shape index (κ3) is 6.24. The number of hydrogen-bond acceptors (Lipinski definition) is 6. The van der Waals surface area contributed by atoms with Crippen LogP contribution in [-0.2, 0) is 16.0 Å². The van der Waals surface area contributed by atoms with Gasteiger partial charge in [-0.3, -0.25) is 14.5 Å². The van der Waals surface area contributed by atoms with E-state index in [2.05, 4.69) is 5.32 Å². The van der Waals surface area contributed by atoms with Gasteiger partial charge in [-0.2, -0.15) is 0 Å². The zero-order chi connectivity index (χ0) is 20.6. The third-order valence-electron chi connectivity index (χ3n) is 4.39. The van der Waals surface area contributed by atoms with Crippen molar-refractivity contribution < 1.29 is 14.7 Å². The number of nitrogens with zero attached hydrogens (tertiary/aromatic N) is 1. The molecule has 1 fully saturated rings. The lowest BCUT2D eigenvalue weighted by atomic mass is 10.1. The highest BCUT2D eigenvalue weighted by Crippen LogP contribution is 2.33. The maximum absolute atomic E-state index is 12.6. The topological polar surface area (TPSA) is 69.6 Å². The lowest BCUT2D eigenvalue weighted by Crippen LogP contribution is -2.39. The second-order valence-corrected chi connectivity index (χ2v) is 9.24. The van der Waals surface area contributed by atoms with Gasteiger partial charge in [0.2, 0.25) is 5.91 Å². The van der Waals surface area contributed by atoms with Crippen LogP contribution in [0.4, 0.5) is 0 Å². The summed E-state index contributed by atoms with van der Waals surface area (Å²) in [7, 11) is 0. The van der Waals surface area contributed by atoms with Crippen LogP contribution in [0.25, 0.3) is 6.08 Å². The minimum Gasteiger partial charge on any atom is -0.394 e. The van der Waals surface area contributed by atoms with Gasteiger partial charge in [0.1, 0.15) is 4.32 Å². The zero-order valence-corrected chi connectivity index (χ0v) is 18.2. The number of hydrogen-bond donors (Lipinski definition) is 2. The quantitative estimate of drug-likeness (QED) is 0.456. The molecule has 0 bridgehead atoms. The van der Waals surface area contributed by atoms with Gasteiger partial charge in [0.05, 0.1) is 17.6 Å². The fourth-order valence-electron chi connectivity index (χ4n) is 2.95. The maximum atomic E-state index is 12.6. The Kier molecular flexibility index (Phi) is 8.00. The minimum atomic E-state index is -0.324. The van der Waals surface area contributed by atoms with Crippen molar-refractivity contribution in [3.63, 3.8) is 0 Å². The lowest BCUT2D eigenvalue weighted by Gasteiger charge is -2.17. The summed E-state index contributed by atoms with van der Waals surface area (Å²) >= 11 is 8.19. The molecule has 0 aliphatic carbocycles. The average molecular weight is 447 g/mol. The van der Waals surface area contributed by atoms with E-state index in [0.29, 0.717) is 28.6 Å². The van der Waals surface area contributed by atoms with Gasteiger partial charge in [-0.15, -0.1) is 11.3 Å². The van der Waals surface area contributed by atoms with Crippen molar-refractivity contribution in [1.82, 2.24) is 10.2 Å². The molecule has 2 N–H and O–H groups in total. The first-order valence-electron chi connectivity index (χ1n) is 9.30. The van der Waals surface area contributed by atoms with Crippen LogP contribution in [0.5, 0.6) is 0 Å². The fraction of sp³-hybridized carbons (Fsp3) is 0.286. The first kappa shape index (κ1) is 21.7. The van der Waals surface area contributed by atoms with Gasteiger partial charge in [-0.25, -0.2) is 0 Å². The molecule has 1 aromatic heterocycles. The number of thiophene rings is 1. The molecule has 0 spiro atoms. The largest absolute Gasteiger partial charge is 0.394 e. The van der Waals surface area contributed by atoms with E-state index < -0.39 is 0 Å². The molecule has 0 saturated carbocycles. The maximum Gasteiger partial charge on any atom is 0.266 e. The molecule has 2 amide bonds. The Labute approximate surface area is 183 Å². The van der Waals surface area contributed by atoms with Crippen molar-refractivity contribution >= 4 is 57.5 Å². The highest BCUT2D eigenvalue weighted by atomic mass is 32.2. The van der Waals surface area contributed by atoms with Crippen molar-refractivity contribution in [1.29, 1.82) is 0 Å². The summed E-state index contributed by atoms with van der Waals surface area (Å²) in [6, 6.07) is 13.3. The van der Waals surface area contributed by atoms with Gasteiger partial charge in [0, 0.05) is 17.8 Å².